The van der Waals surface area contributed by atoms with E-state index in [9.17, 15) is 18.4 Å². The normalized spacial score (nSPS) is 17.4. The monoisotopic (exact) mass is 553 g/mol. The second-order valence-corrected chi connectivity index (χ2v) is 11.6. The van der Waals surface area contributed by atoms with Crippen molar-refractivity contribution < 1.29 is 28.2 Å². The molecular formula is C31H37F2N3O4. The molecule has 1 aromatic heterocycles. The van der Waals surface area contributed by atoms with Gasteiger partial charge in [-0.15, -0.1) is 0 Å². The number of carboxylic acid groups (broad SMARTS) is 1. The van der Waals surface area contributed by atoms with Gasteiger partial charge >= 0.3 is 5.97 Å². The van der Waals surface area contributed by atoms with Gasteiger partial charge in [0.05, 0.1) is 18.8 Å². The first kappa shape index (κ1) is 29.2. The SMILES string of the molecule is CC(C)(C)C1CCC(NC(=O)c2cc(-c3cc(F)cc(F)c3)nn2Cc2ccc(OCCCC(=O)O)cc2)CC1. The number of nitrogens with zero attached hydrogens (tertiary/aromatic N) is 2. The number of carbonyl (C=O) groups excluding carboxylic acids is 1. The lowest BCUT2D eigenvalue weighted by molar-refractivity contribution is -0.137. The Morgan fingerprint density at radius 1 is 1.02 bits per heavy atom. The summed E-state index contributed by atoms with van der Waals surface area (Å²) in [4.78, 5) is 24.1. The highest BCUT2D eigenvalue weighted by atomic mass is 19.1. The van der Waals surface area contributed by atoms with Crippen LogP contribution in [0.5, 0.6) is 5.75 Å². The van der Waals surface area contributed by atoms with E-state index in [0.717, 1.165) is 37.3 Å². The maximum absolute atomic E-state index is 13.9. The van der Waals surface area contributed by atoms with Crippen molar-refractivity contribution in [1.82, 2.24) is 15.1 Å². The summed E-state index contributed by atoms with van der Waals surface area (Å²) in [5.74, 6) is -1.35. The van der Waals surface area contributed by atoms with Crippen LogP contribution in [-0.4, -0.2) is 39.4 Å². The zero-order chi connectivity index (χ0) is 28.9. The van der Waals surface area contributed by atoms with Crippen molar-refractivity contribution in [2.24, 2.45) is 11.3 Å². The molecule has 0 radical (unpaired) electrons. The minimum atomic E-state index is -0.865. The number of hydrogen-bond donors (Lipinski definition) is 2. The Labute approximate surface area is 233 Å². The summed E-state index contributed by atoms with van der Waals surface area (Å²) in [5, 5.41) is 16.5. The number of aromatic nitrogens is 2. The fraction of sp³-hybridized carbons (Fsp3) is 0.452. The Bertz CT molecular complexity index is 1300. The summed E-state index contributed by atoms with van der Waals surface area (Å²) in [6, 6.07) is 12.0. The van der Waals surface area contributed by atoms with Crippen LogP contribution in [0.25, 0.3) is 11.3 Å². The first-order valence-electron chi connectivity index (χ1n) is 13.8. The minimum absolute atomic E-state index is 0.0395. The molecule has 0 saturated heterocycles. The van der Waals surface area contributed by atoms with Crippen molar-refractivity contribution in [1.29, 1.82) is 0 Å². The van der Waals surface area contributed by atoms with Gasteiger partial charge in [0.25, 0.3) is 5.91 Å². The zero-order valence-electron chi connectivity index (χ0n) is 23.3. The zero-order valence-corrected chi connectivity index (χ0v) is 23.3. The van der Waals surface area contributed by atoms with Crippen molar-refractivity contribution in [2.75, 3.05) is 6.61 Å². The minimum Gasteiger partial charge on any atom is -0.494 e. The molecule has 2 aromatic carbocycles. The summed E-state index contributed by atoms with van der Waals surface area (Å²) >= 11 is 0. The first-order chi connectivity index (χ1) is 19.0. The number of halogens is 2. The summed E-state index contributed by atoms with van der Waals surface area (Å²) in [5.41, 5.74) is 1.95. The highest BCUT2D eigenvalue weighted by Crippen LogP contribution is 2.37. The Morgan fingerprint density at radius 3 is 2.27 bits per heavy atom. The predicted molar refractivity (Wildman–Crippen MR) is 148 cm³/mol. The Morgan fingerprint density at radius 2 is 1.68 bits per heavy atom. The van der Waals surface area contributed by atoms with Crippen LogP contribution in [0, 0.1) is 23.0 Å². The molecule has 1 aliphatic carbocycles. The quantitative estimate of drug-likeness (QED) is 0.281. The van der Waals surface area contributed by atoms with Gasteiger partial charge in [0.2, 0.25) is 0 Å². The number of benzene rings is 2. The molecule has 0 bridgehead atoms. The summed E-state index contributed by atoms with van der Waals surface area (Å²) in [7, 11) is 0. The maximum Gasteiger partial charge on any atom is 0.303 e. The fourth-order valence-electron chi connectivity index (χ4n) is 5.20. The molecule has 1 amide bonds. The van der Waals surface area contributed by atoms with E-state index >= 15 is 0 Å². The molecule has 1 saturated carbocycles. The van der Waals surface area contributed by atoms with Crippen LogP contribution in [0.1, 0.15) is 75.3 Å². The number of carboxylic acids is 1. The summed E-state index contributed by atoms with van der Waals surface area (Å²) < 4.78 is 35.0. The molecule has 9 heteroatoms. The molecule has 0 atom stereocenters. The maximum atomic E-state index is 13.9. The summed E-state index contributed by atoms with van der Waals surface area (Å²) in [6.07, 6.45) is 4.34. The van der Waals surface area contributed by atoms with E-state index in [0.29, 0.717) is 36.1 Å². The standard InChI is InChI=1S/C31H37F2N3O4/c1-31(2,3)22-8-10-25(11-9-22)34-30(39)28-18-27(21-15-23(32)17-24(33)16-21)35-36(28)19-20-6-12-26(13-7-20)40-14-4-5-29(37)38/h6-7,12-13,15-18,22,25H,4-5,8-11,14,19H2,1-3H3,(H,34,39)(H,37,38). The highest BCUT2D eigenvalue weighted by Gasteiger charge is 2.31. The number of ether oxygens (including phenoxy) is 1. The largest absolute Gasteiger partial charge is 0.494 e. The molecule has 1 fully saturated rings. The lowest BCUT2D eigenvalue weighted by Crippen LogP contribution is -2.40. The van der Waals surface area contributed by atoms with E-state index in [2.05, 4.69) is 31.2 Å². The van der Waals surface area contributed by atoms with Crippen LogP contribution in [0.15, 0.2) is 48.5 Å². The van der Waals surface area contributed by atoms with Gasteiger partial charge in [0, 0.05) is 24.1 Å². The van der Waals surface area contributed by atoms with E-state index in [-0.39, 0.29) is 35.9 Å². The molecule has 7 nitrogen and oxygen atoms in total. The van der Waals surface area contributed by atoms with Crippen molar-refractivity contribution in [3.05, 3.63) is 71.4 Å². The topological polar surface area (TPSA) is 93.5 Å². The second-order valence-electron chi connectivity index (χ2n) is 11.6. The molecular weight excluding hydrogens is 516 g/mol. The van der Waals surface area contributed by atoms with Gasteiger partial charge in [0.1, 0.15) is 23.1 Å². The second kappa shape index (κ2) is 12.6. The van der Waals surface area contributed by atoms with Crippen molar-refractivity contribution in [3.8, 4) is 17.0 Å². The van der Waals surface area contributed by atoms with Crippen LogP contribution in [0.2, 0.25) is 0 Å². The van der Waals surface area contributed by atoms with Crippen LogP contribution in [-0.2, 0) is 11.3 Å². The van der Waals surface area contributed by atoms with Gasteiger partial charge in [-0.25, -0.2) is 8.78 Å². The highest BCUT2D eigenvalue weighted by molar-refractivity contribution is 5.94. The Balaban J connectivity index is 1.51. The van der Waals surface area contributed by atoms with Crippen LogP contribution < -0.4 is 10.1 Å². The molecule has 3 aromatic rings. The van der Waals surface area contributed by atoms with E-state index in [1.807, 2.05) is 12.1 Å². The molecule has 1 aliphatic rings. The fourth-order valence-corrected chi connectivity index (χ4v) is 5.20. The molecule has 0 spiro atoms. The van der Waals surface area contributed by atoms with Crippen molar-refractivity contribution in [2.45, 2.75) is 71.9 Å². The van der Waals surface area contributed by atoms with Gasteiger partial charge in [-0.05, 0) is 79.3 Å². The summed E-state index contributed by atoms with van der Waals surface area (Å²) in [6.45, 7) is 7.31. The molecule has 214 valence electrons. The third kappa shape index (κ3) is 7.90. The lowest BCUT2D eigenvalue weighted by atomic mass is 9.71. The average Bonchev–Trinajstić information content (AvgIpc) is 3.31. The molecule has 0 unspecified atom stereocenters. The molecule has 40 heavy (non-hydrogen) atoms. The molecule has 4 rings (SSSR count). The lowest BCUT2D eigenvalue weighted by Gasteiger charge is -2.37. The van der Waals surface area contributed by atoms with Gasteiger partial charge in [-0.1, -0.05) is 32.9 Å². The smallest absolute Gasteiger partial charge is 0.303 e. The van der Waals surface area contributed by atoms with E-state index in [1.54, 1.807) is 22.9 Å². The van der Waals surface area contributed by atoms with Gasteiger partial charge < -0.3 is 15.2 Å². The van der Waals surface area contributed by atoms with Crippen LogP contribution in [0.3, 0.4) is 0 Å². The number of nitrogens with one attached hydrogen (secondary N) is 1. The number of carbonyl (C=O) groups is 2. The number of aliphatic carboxylic acids is 1. The van der Waals surface area contributed by atoms with Crippen LogP contribution in [0.4, 0.5) is 8.78 Å². The van der Waals surface area contributed by atoms with E-state index in [4.69, 9.17) is 9.84 Å². The third-order valence-corrected chi connectivity index (χ3v) is 7.52. The van der Waals surface area contributed by atoms with E-state index < -0.39 is 17.6 Å². The third-order valence-electron chi connectivity index (χ3n) is 7.52. The molecule has 1 heterocycles. The van der Waals surface area contributed by atoms with Gasteiger partial charge in [-0.3, -0.25) is 14.3 Å². The molecule has 0 aliphatic heterocycles. The van der Waals surface area contributed by atoms with Crippen molar-refractivity contribution in [3.63, 3.8) is 0 Å². The first-order valence-corrected chi connectivity index (χ1v) is 13.8. The van der Waals surface area contributed by atoms with Gasteiger partial charge in [-0.2, -0.15) is 5.10 Å². The average molecular weight is 554 g/mol. The van der Waals surface area contributed by atoms with E-state index in [1.165, 1.54) is 12.1 Å². The number of rotatable bonds is 10. The number of amides is 1. The predicted octanol–water partition coefficient (Wildman–Crippen LogP) is 6.45. The molecule has 2 N–H and O–H groups in total. The van der Waals surface area contributed by atoms with Crippen molar-refractivity contribution >= 4 is 11.9 Å². The number of hydrogen-bond acceptors (Lipinski definition) is 4. The Kier molecular flexibility index (Phi) is 9.22. The Hall–Kier alpha value is -3.75. The van der Waals surface area contributed by atoms with Gasteiger partial charge in [0.15, 0.2) is 0 Å². The van der Waals surface area contributed by atoms with Crippen LogP contribution >= 0.6 is 0 Å².